The molecule has 0 aliphatic heterocycles. The fourth-order valence-corrected chi connectivity index (χ4v) is 4.31. The normalized spacial score (nSPS) is 21.7. The number of hydrogen-bond donors (Lipinski definition) is 0. The molecule has 3 rings (SSSR count). The lowest BCUT2D eigenvalue weighted by Gasteiger charge is -2.33. The molecule has 0 bridgehead atoms. The monoisotopic (exact) mass is 342 g/mol. The van der Waals surface area contributed by atoms with E-state index in [0.717, 1.165) is 11.1 Å². The topological polar surface area (TPSA) is 69.7 Å². The number of fused-ring (bicyclic) bond motifs is 1. The third-order valence-corrected chi connectivity index (χ3v) is 5.37. The smallest absolute Gasteiger partial charge is 0.324 e. The Bertz CT molecular complexity index is 716. The van der Waals surface area contributed by atoms with Crippen molar-refractivity contribution >= 4 is 17.7 Å². The van der Waals surface area contributed by atoms with Crippen LogP contribution in [0.1, 0.15) is 31.2 Å². The highest BCUT2D eigenvalue weighted by atomic mass is 16.5. The Hall–Kier alpha value is -2.43. The standard InChI is InChI=1S/C20H22O5/c1-24-18(22)20(19(23)25-2)12-14(11-13-7-4-3-5-8-13)17-15(20)9-6-10-16(17)21/h3-5,7-8,15H,6,9-12H2,1-2H3. The first-order valence-electron chi connectivity index (χ1n) is 8.50. The lowest BCUT2D eigenvalue weighted by Crippen LogP contribution is -2.46. The number of benzene rings is 1. The summed E-state index contributed by atoms with van der Waals surface area (Å²) in [6.45, 7) is 0. The predicted octanol–water partition coefficient (Wildman–Crippen LogP) is 2.63. The predicted molar refractivity (Wildman–Crippen MR) is 90.6 cm³/mol. The van der Waals surface area contributed by atoms with Crippen LogP contribution in [0.2, 0.25) is 0 Å². The number of Topliss-reactive ketones (excluding diaryl/α,β-unsaturated/α-hetero) is 1. The summed E-state index contributed by atoms with van der Waals surface area (Å²) < 4.78 is 9.93. The minimum atomic E-state index is -1.43. The molecule has 0 amide bonds. The number of esters is 2. The van der Waals surface area contributed by atoms with Gasteiger partial charge >= 0.3 is 11.9 Å². The van der Waals surface area contributed by atoms with Crippen LogP contribution in [0, 0.1) is 11.3 Å². The van der Waals surface area contributed by atoms with E-state index in [-0.39, 0.29) is 12.2 Å². The Kier molecular flexibility index (Phi) is 4.75. The Morgan fingerprint density at radius 3 is 2.36 bits per heavy atom. The second-order valence-corrected chi connectivity index (χ2v) is 6.68. The number of ketones is 1. The van der Waals surface area contributed by atoms with Crippen molar-refractivity contribution in [3.8, 4) is 0 Å². The van der Waals surface area contributed by atoms with E-state index >= 15 is 0 Å². The molecule has 0 spiro atoms. The minimum absolute atomic E-state index is 0.0388. The second-order valence-electron chi connectivity index (χ2n) is 6.68. The Morgan fingerprint density at radius 1 is 1.12 bits per heavy atom. The summed E-state index contributed by atoms with van der Waals surface area (Å²) in [6.07, 6.45) is 2.48. The Morgan fingerprint density at radius 2 is 1.76 bits per heavy atom. The van der Waals surface area contributed by atoms with E-state index in [9.17, 15) is 14.4 Å². The first-order valence-corrected chi connectivity index (χ1v) is 8.50. The van der Waals surface area contributed by atoms with E-state index < -0.39 is 23.3 Å². The molecular formula is C20H22O5. The van der Waals surface area contributed by atoms with Crippen molar-refractivity contribution in [2.45, 2.75) is 32.1 Å². The van der Waals surface area contributed by atoms with Crippen LogP contribution in [0.15, 0.2) is 41.5 Å². The van der Waals surface area contributed by atoms with Crippen molar-refractivity contribution in [3.05, 3.63) is 47.0 Å². The van der Waals surface area contributed by atoms with Crippen LogP contribution in [0.25, 0.3) is 0 Å². The SMILES string of the molecule is COC(=O)C1(C(=O)OC)CC(Cc2ccccc2)=C2C(=O)CCCC21. The van der Waals surface area contributed by atoms with Crippen molar-refractivity contribution < 1.29 is 23.9 Å². The van der Waals surface area contributed by atoms with E-state index in [4.69, 9.17) is 9.47 Å². The maximum absolute atomic E-state index is 12.6. The largest absolute Gasteiger partial charge is 0.468 e. The Balaban J connectivity index is 2.07. The number of carbonyl (C=O) groups excluding carboxylic acids is 3. The van der Waals surface area contributed by atoms with E-state index in [2.05, 4.69) is 0 Å². The summed E-state index contributed by atoms with van der Waals surface area (Å²) in [5, 5.41) is 0. The lowest BCUT2D eigenvalue weighted by molar-refractivity contribution is -0.172. The zero-order chi connectivity index (χ0) is 18.0. The average molecular weight is 342 g/mol. The van der Waals surface area contributed by atoms with Crippen LogP contribution < -0.4 is 0 Å². The number of allylic oxidation sites excluding steroid dienone is 2. The molecule has 1 aromatic carbocycles. The van der Waals surface area contributed by atoms with Gasteiger partial charge in [0.2, 0.25) is 0 Å². The van der Waals surface area contributed by atoms with Gasteiger partial charge in [-0.15, -0.1) is 0 Å². The molecule has 2 aliphatic rings. The molecule has 5 heteroatoms. The zero-order valence-corrected chi connectivity index (χ0v) is 14.5. The summed E-state index contributed by atoms with van der Waals surface area (Å²) in [5.74, 6) is -1.64. The van der Waals surface area contributed by atoms with Gasteiger partial charge in [0.1, 0.15) is 0 Å². The summed E-state index contributed by atoms with van der Waals surface area (Å²) in [4.78, 5) is 37.9. The quantitative estimate of drug-likeness (QED) is 0.621. The number of ether oxygens (including phenoxy) is 2. The van der Waals surface area contributed by atoms with Crippen molar-refractivity contribution in [1.82, 2.24) is 0 Å². The van der Waals surface area contributed by atoms with Gasteiger partial charge in [-0.1, -0.05) is 35.9 Å². The molecule has 1 unspecified atom stereocenters. The minimum Gasteiger partial charge on any atom is -0.468 e. The molecule has 1 aromatic rings. The van der Waals surface area contributed by atoms with Gasteiger partial charge in [-0.3, -0.25) is 14.4 Å². The van der Waals surface area contributed by atoms with Crippen LogP contribution in [-0.4, -0.2) is 31.9 Å². The summed E-state index contributed by atoms with van der Waals surface area (Å²) in [5.41, 5.74) is 1.12. The molecule has 0 radical (unpaired) electrons. The van der Waals surface area contributed by atoms with Crippen LogP contribution in [-0.2, 0) is 30.3 Å². The lowest BCUT2D eigenvalue weighted by atomic mass is 9.69. The molecule has 0 aromatic heterocycles. The molecular weight excluding hydrogens is 320 g/mol. The van der Waals surface area contributed by atoms with E-state index in [1.807, 2.05) is 30.3 Å². The molecule has 1 saturated carbocycles. The van der Waals surface area contributed by atoms with Gasteiger partial charge in [-0.2, -0.15) is 0 Å². The van der Waals surface area contributed by atoms with Crippen LogP contribution in [0.3, 0.4) is 0 Å². The maximum Gasteiger partial charge on any atom is 0.324 e. The van der Waals surface area contributed by atoms with Crippen molar-refractivity contribution in [2.24, 2.45) is 11.3 Å². The van der Waals surface area contributed by atoms with Gasteiger partial charge in [-0.05, 0) is 36.8 Å². The van der Waals surface area contributed by atoms with Crippen molar-refractivity contribution in [1.29, 1.82) is 0 Å². The molecule has 0 heterocycles. The van der Waals surface area contributed by atoms with Crippen molar-refractivity contribution in [2.75, 3.05) is 14.2 Å². The third kappa shape index (κ3) is 2.77. The van der Waals surface area contributed by atoms with E-state index in [1.54, 1.807) is 0 Å². The van der Waals surface area contributed by atoms with Crippen molar-refractivity contribution in [3.63, 3.8) is 0 Å². The summed E-state index contributed by atoms with van der Waals surface area (Å²) in [7, 11) is 2.54. The fourth-order valence-electron chi connectivity index (χ4n) is 4.31. The Labute approximate surface area is 147 Å². The van der Waals surface area contributed by atoms with Crippen LogP contribution in [0.4, 0.5) is 0 Å². The highest BCUT2D eigenvalue weighted by Crippen LogP contribution is 2.54. The molecule has 1 atom stereocenters. The first-order chi connectivity index (χ1) is 12.0. The molecule has 132 valence electrons. The fraction of sp³-hybridized carbons (Fsp3) is 0.450. The highest BCUT2D eigenvalue weighted by molar-refractivity contribution is 6.07. The summed E-state index contributed by atoms with van der Waals surface area (Å²) >= 11 is 0. The molecule has 0 saturated heterocycles. The molecule has 1 fully saturated rings. The average Bonchev–Trinajstić information content (AvgIpc) is 2.97. The first kappa shape index (κ1) is 17.4. The molecule has 2 aliphatic carbocycles. The highest BCUT2D eigenvalue weighted by Gasteiger charge is 2.61. The molecule has 25 heavy (non-hydrogen) atoms. The third-order valence-electron chi connectivity index (χ3n) is 5.37. The molecule has 5 nitrogen and oxygen atoms in total. The van der Waals surface area contributed by atoms with Gasteiger partial charge in [0.15, 0.2) is 11.2 Å². The van der Waals surface area contributed by atoms with Crippen LogP contribution >= 0.6 is 0 Å². The summed E-state index contributed by atoms with van der Waals surface area (Å²) in [6, 6.07) is 9.75. The maximum atomic E-state index is 12.6. The number of rotatable bonds is 4. The second kappa shape index (κ2) is 6.82. The molecule has 0 N–H and O–H groups in total. The van der Waals surface area contributed by atoms with Gasteiger partial charge in [0.25, 0.3) is 0 Å². The van der Waals surface area contributed by atoms with Crippen LogP contribution in [0.5, 0.6) is 0 Å². The number of methoxy groups -OCH3 is 2. The van der Waals surface area contributed by atoms with Gasteiger partial charge in [-0.25, -0.2) is 0 Å². The van der Waals surface area contributed by atoms with E-state index in [1.165, 1.54) is 14.2 Å². The van der Waals surface area contributed by atoms with Gasteiger partial charge < -0.3 is 9.47 Å². The number of hydrogen-bond acceptors (Lipinski definition) is 5. The van der Waals surface area contributed by atoms with E-state index in [0.29, 0.717) is 31.3 Å². The van der Waals surface area contributed by atoms with Gasteiger partial charge in [0.05, 0.1) is 14.2 Å². The van der Waals surface area contributed by atoms with Gasteiger partial charge in [0, 0.05) is 12.3 Å². The number of carbonyl (C=O) groups is 3. The zero-order valence-electron chi connectivity index (χ0n) is 14.5.